The number of anilines is 3. The number of nitriles is 1. The van der Waals surface area contributed by atoms with Crippen molar-refractivity contribution in [1.29, 1.82) is 5.26 Å². The van der Waals surface area contributed by atoms with E-state index < -0.39 is 0 Å². The lowest BCUT2D eigenvalue weighted by Crippen LogP contribution is -2.12. The fourth-order valence-electron chi connectivity index (χ4n) is 2.16. The summed E-state index contributed by atoms with van der Waals surface area (Å²) in [5.41, 5.74) is 3.24. The van der Waals surface area contributed by atoms with Gasteiger partial charge < -0.3 is 10.6 Å². The molecular formula is C19H13BrN4O. The number of halogens is 1. The van der Waals surface area contributed by atoms with Crippen molar-refractivity contribution in [2.75, 3.05) is 10.6 Å². The van der Waals surface area contributed by atoms with Gasteiger partial charge in [0, 0.05) is 22.0 Å². The molecule has 5 nitrogen and oxygen atoms in total. The van der Waals surface area contributed by atoms with Crippen LogP contribution in [0, 0.1) is 11.3 Å². The largest absolute Gasteiger partial charge is 0.354 e. The predicted molar refractivity (Wildman–Crippen MR) is 101 cm³/mol. The average Bonchev–Trinajstić information content (AvgIpc) is 2.64. The third-order valence-corrected chi connectivity index (χ3v) is 3.93. The van der Waals surface area contributed by atoms with Crippen molar-refractivity contribution < 1.29 is 4.79 Å². The lowest BCUT2D eigenvalue weighted by Gasteiger charge is -2.09. The molecule has 1 amide bonds. The van der Waals surface area contributed by atoms with Crippen LogP contribution < -0.4 is 10.6 Å². The van der Waals surface area contributed by atoms with Crippen LogP contribution in [-0.4, -0.2) is 10.9 Å². The highest BCUT2D eigenvalue weighted by molar-refractivity contribution is 9.10. The molecule has 3 aromatic rings. The Kier molecular flexibility index (Phi) is 5.07. The van der Waals surface area contributed by atoms with E-state index in [4.69, 9.17) is 5.26 Å². The van der Waals surface area contributed by atoms with Crippen molar-refractivity contribution in [3.8, 4) is 6.07 Å². The number of benzene rings is 2. The molecule has 0 saturated heterocycles. The standard InChI is InChI=1S/C19H13BrN4O/c20-15-3-7-17(8-4-15)24-19(25)14-9-18(12-22-11-14)23-16-5-1-13(10-21)2-6-16/h1-9,11-12,23H,(H,24,25). The molecule has 122 valence electrons. The topological polar surface area (TPSA) is 77.8 Å². The van der Waals surface area contributed by atoms with E-state index in [1.54, 1.807) is 36.5 Å². The molecule has 1 aromatic heterocycles. The maximum absolute atomic E-state index is 12.4. The van der Waals surface area contributed by atoms with E-state index >= 15 is 0 Å². The van der Waals surface area contributed by atoms with Gasteiger partial charge in [-0.15, -0.1) is 0 Å². The van der Waals surface area contributed by atoms with Crippen LogP contribution >= 0.6 is 15.9 Å². The van der Waals surface area contributed by atoms with Crippen molar-refractivity contribution in [3.63, 3.8) is 0 Å². The van der Waals surface area contributed by atoms with Crippen molar-refractivity contribution in [2.24, 2.45) is 0 Å². The average molecular weight is 393 g/mol. The minimum absolute atomic E-state index is 0.238. The molecule has 0 aliphatic rings. The normalized spacial score (nSPS) is 9.92. The van der Waals surface area contributed by atoms with Crippen molar-refractivity contribution >= 4 is 38.9 Å². The second kappa shape index (κ2) is 7.60. The van der Waals surface area contributed by atoms with Crippen LogP contribution in [0.1, 0.15) is 15.9 Å². The molecule has 0 saturated carbocycles. The summed E-state index contributed by atoms with van der Waals surface area (Å²) in [6, 6.07) is 18.2. The van der Waals surface area contributed by atoms with Gasteiger partial charge in [-0.05, 0) is 54.6 Å². The zero-order chi connectivity index (χ0) is 17.6. The van der Waals surface area contributed by atoms with E-state index in [1.807, 2.05) is 24.3 Å². The SMILES string of the molecule is N#Cc1ccc(Nc2cncc(C(=O)Nc3ccc(Br)cc3)c2)cc1. The van der Waals surface area contributed by atoms with Crippen LogP contribution in [0.2, 0.25) is 0 Å². The van der Waals surface area contributed by atoms with Gasteiger partial charge in [-0.3, -0.25) is 9.78 Å². The monoisotopic (exact) mass is 392 g/mol. The molecule has 0 unspecified atom stereocenters. The Balaban J connectivity index is 1.72. The molecule has 0 radical (unpaired) electrons. The molecule has 0 atom stereocenters. The summed E-state index contributed by atoms with van der Waals surface area (Å²) in [7, 11) is 0. The summed E-state index contributed by atoms with van der Waals surface area (Å²) < 4.78 is 0.945. The first-order chi connectivity index (χ1) is 12.1. The number of carbonyl (C=O) groups is 1. The number of amides is 1. The van der Waals surface area contributed by atoms with Gasteiger partial charge in [0.2, 0.25) is 0 Å². The van der Waals surface area contributed by atoms with Gasteiger partial charge >= 0.3 is 0 Å². The Labute approximate surface area is 153 Å². The Bertz CT molecular complexity index is 931. The van der Waals surface area contributed by atoms with Crippen LogP contribution in [0.5, 0.6) is 0 Å². The Hall–Kier alpha value is -3.17. The molecule has 1 heterocycles. The second-order valence-electron chi connectivity index (χ2n) is 5.24. The molecule has 25 heavy (non-hydrogen) atoms. The molecule has 0 aliphatic carbocycles. The minimum atomic E-state index is -0.238. The van der Waals surface area contributed by atoms with Crippen LogP contribution in [0.15, 0.2) is 71.5 Å². The van der Waals surface area contributed by atoms with Gasteiger partial charge in [-0.25, -0.2) is 0 Å². The van der Waals surface area contributed by atoms with Gasteiger partial charge in [0.15, 0.2) is 0 Å². The highest BCUT2D eigenvalue weighted by Crippen LogP contribution is 2.19. The van der Waals surface area contributed by atoms with E-state index in [0.717, 1.165) is 10.2 Å². The van der Waals surface area contributed by atoms with Crippen LogP contribution in [0.3, 0.4) is 0 Å². The summed E-state index contributed by atoms with van der Waals surface area (Å²) in [5.74, 6) is -0.238. The zero-order valence-corrected chi connectivity index (χ0v) is 14.6. The maximum atomic E-state index is 12.4. The summed E-state index contributed by atoms with van der Waals surface area (Å²) in [4.78, 5) is 16.5. The number of nitrogens with zero attached hydrogens (tertiary/aromatic N) is 2. The number of nitrogens with one attached hydrogen (secondary N) is 2. The lowest BCUT2D eigenvalue weighted by atomic mass is 10.2. The molecule has 6 heteroatoms. The number of carbonyl (C=O) groups excluding carboxylic acids is 1. The third kappa shape index (κ3) is 4.43. The summed E-state index contributed by atoms with van der Waals surface area (Å²) in [6.07, 6.45) is 3.15. The number of aromatic nitrogens is 1. The zero-order valence-electron chi connectivity index (χ0n) is 13.0. The second-order valence-corrected chi connectivity index (χ2v) is 6.15. The molecular weight excluding hydrogens is 380 g/mol. The van der Waals surface area contributed by atoms with E-state index in [9.17, 15) is 4.79 Å². The molecule has 0 bridgehead atoms. The molecule has 2 aromatic carbocycles. The summed E-state index contributed by atoms with van der Waals surface area (Å²) in [6.45, 7) is 0. The molecule has 2 N–H and O–H groups in total. The van der Waals surface area contributed by atoms with Crippen LogP contribution in [0.4, 0.5) is 17.1 Å². The van der Waals surface area contributed by atoms with Gasteiger partial charge in [-0.1, -0.05) is 15.9 Å². The van der Waals surface area contributed by atoms with E-state index in [1.165, 1.54) is 6.20 Å². The van der Waals surface area contributed by atoms with E-state index in [0.29, 0.717) is 22.5 Å². The van der Waals surface area contributed by atoms with Gasteiger partial charge in [0.05, 0.1) is 29.1 Å². The van der Waals surface area contributed by atoms with Crippen molar-refractivity contribution in [3.05, 3.63) is 82.6 Å². The minimum Gasteiger partial charge on any atom is -0.354 e. The predicted octanol–water partition coefficient (Wildman–Crippen LogP) is 4.71. The third-order valence-electron chi connectivity index (χ3n) is 3.41. The fraction of sp³-hybridized carbons (Fsp3) is 0. The van der Waals surface area contributed by atoms with Gasteiger partial charge in [-0.2, -0.15) is 5.26 Å². The van der Waals surface area contributed by atoms with Gasteiger partial charge in [0.25, 0.3) is 5.91 Å². The van der Waals surface area contributed by atoms with E-state index in [2.05, 4.69) is 37.6 Å². The smallest absolute Gasteiger partial charge is 0.257 e. The number of hydrogen-bond donors (Lipinski definition) is 2. The summed E-state index contributed by atoms with van der Waals surface area (Å²) >= 11 is 3.36. The van der Waals surface area contributed by atoms with Crippen LogP contribution in [-0.2, 0) is 0 Å². The van der Waals surface area contributed by atoms with E-state index in [-0.39, 0.29) is 5.91 Å². The fourth-order valence-corrected chi connectivity index (χ4v) is 2.43. The Morgan fingerprint density at radius 3 is 2.32 bits per heavy atom. The molecule has 3 rings (SSSR count). The lowest BCUT2D eigenvalue weighted by molar-refractivity contribution is 0.102. The Morgan fingerprint density at radius 1 is 0.960 bits per heavy atom. The molecule has 0 spiro atoms. The highest BCUT2D eigenvalue weighted by Gasteiger charge is 2.08. The van der Waals surface area contributed by atoms with Gasteiger partial charge in [0.1, 0.15) is 0 Å². The van der Waals surface area contributed by atoms with Crippen molar-refractivity contribution in [2.45, 2.75) is 0 Å². The number of hydrogen-bond acceptors (Lipinski definition) is 4. The summed E-state index contributed by atoms with van der Waals surface area (Å²) in [5, 5.41) is 14.8. The van der Waals surface area contributed by atoms with Crippen LogP contribution in [0.25, 0.3) is 0 Å². The quantitative estimate of drug-likeness (QED) is 0.673. The molecule has 0 aliphatic heterocycles. The first kappa shape index (κ1) is 16.7. The van der Waals surface area contributed by atoms with Crippen molar-refractivity contribution in [1.82, 2.24) is 4.98 Å². The number of pyridine rings is 1. The Morgan fingerprint density at radius 2 is 1.64 bits per heavy atom. The molecule has 0 fully saturated rings. The first-order valence-corrected chi connectivity index (χ1v) is 8.22. The first-order valence-electron chi connectivity index (χ1n) is 7.43. The number of rotatable bonds is 4. The maximum Gasteiger partial charge on any atom is 0.257 e. The highest BCUT2D eigenvalue weighted by atomic mass is 79.9.